The first-order valence-electron chi connectivity index (χ1n) is 5.29. The van der Waals surface area contributed by atoms with Gasteiger partial charge in [0.05, 0.1) is 11.3 Å². The van der Waals surface area contributed by atoms with E-state index >= 15 is 0 Å². The van der Waals surface area contributed by atoms with E-state index in [9.17, 15) is 4.39 Å². The Bertz CT molecular complexity index is 498. The zero-order valence-corrected chi connectivity index (χ0v) is 8.66. The third-order valence-corrected chi connectivity index (χ3v) is 2.70. The largest absolute Gasteiger partial charge is 0.441 e. The van der Waals surface area contributed by atoms with Crippen molar-refractivity contribution < 1.29 is 8.81 Å². The lowest BCUT2D eigenvalue weighted by Crippen LogP contribution is -2.22. The summed E-state index contributed by atoms with van der Waals surface area (Å²) < 4.78 is 19.1. The smallest absolute Gasteiger partial charge is 0.229 e. The molecule has 82 valence electrons. The first-order chi connectivity index (χ1) is 7.84. The lowest BCUT2D eigenvalue weighted by molar-refractivity contribution is 0.481. The Morgan fingerprint density at radius 3 is 3.00 bits per heavy atom. The summed E-state index contributed by atoms with van der Waals surface area (Å²) in [6, 6.07) is 6.53. The molecular weight excluding hydrogens is 207 g/mol. The number of aromatic nitrogens is 1. The molecule has 2 aromatic rings. The number of benzene rings is 1. The molecule has 0 spiro atoms. The van der Waals surface area contributed by atoms with Crippen LogP contribution in [0.2, 0.25) is 0 Å². The number of hydrogen-bond donors (Lipinski definition) is 1. The minimum atomic E-state index is -0.297. The summed E-state index contributed by atoms with van der Waals surface area (Å²) in [5, 5.41) is 3.20. The molecule has 1 aromatic carbocycles. The van der Waals surface area contributed by atoms with Gasteiger partial charge in [-0.2, -0.15) is 0 Å². The number of fused-ring (bicyclic) bond motifs is 1. The van der Waals surface area contributed by atoms with Crippen molar-refractivity contribution in [2.24, 2.45) is 0 Å². The van der Waals surface area contributed by atoms with Gasteiger partial charge in [-0.25, -0.2) is 9.37 Å². The second kappa shape index (κ2) is 3.72. The summed E-state index contributed by atoms with van der Waals surface area (Å²) in [5.41, 5.74) is 1.32. The second-order valence-electron chi connectivity index (χ2n) is 3.80. The molecule has 0 radical (unpaired) electrons. The molecule has 4 heteroatoms. The van der Waals surface area contributed by atoms with Crippen molar-refractivity contribution in [2.45, 2.75) is 13.0 Å². The molecule has 0 fully saturated rings. The Hall–Kier alpha value is -1.68. The molecular formula is C12H11FN2O. The molecule has 1 aromatic heterocycles. The quantitative estimate of drug-likeness (QED) is 0.796. The van der Waals surface area contributed by atoms with Crippen molar-refractivity contribution in [3.8, 4) is 11.5 Å². The maximum Gasteiger partial charge on any atom is 0.229 e. The van der Waals surface area contributed by atoms with Crippen LogP contribution in [0.1, 0.15) is 11.5 Å². The Morgan fingerprint density at radius 2 is 2.19 bits per heavy atom. The van der Waals surface area contributed by atoms with Crippen LogP contribution in [0, 0.1) is 5.82 Å². The van der Waals surface area contributed by atoms with Gasteiger partial charge in [0.2, 0.25) is 5.89 Å². The average molecular weight is 218 g/mol. The SMILES string of the molecule is Fc1ccccc1-c1nc2c(o1)CCNC2. The molecule has 0 aliphatic carbocycles. The van der Waals surface area contributed by atoms with Crippen molar-refractivity contribution >= 4 is 0 Å². The molecule has 0 bridgehead atoms. The summed E-state index contributed by atoms with van der Waals surface area (Å²) in [7, 11) is 0. The fraction of sp³-hybridized carbons (Fsp3) is 0.250. The van der Waals surface area contributed by atoms with Gasteiger partial charge >= 0.3 is 0 Å². The maximum absolute atomic E-state index is 13.5. The van der Waals surface area contributed by atoms with Crippen LogP contribution in [0.5, 0.6) is 0 Å². The molecule has 16 heavy (non-hydrogen) atoms. The van der Waals surface area contributed by atoms with E-state index in [2.05, 4.69) is 10.3 Å². The number of nitrogens with zero attached hydrogens (tertiary/aromatic N) is 1. The summed E-state index contributed by atoms with van der Waals surface area (Å²) in [5.74, 6) is 0.956. The zero-order chi connectivity index (χ0) is 11.0. The van der Waals surface area contributed by atoms with E-state index in [1.165, 1.54) is 6.07 Å². The molecule has 1 N–H and O–H groups in total. The van der Waals surface area contributed by atoms with E-state index in [1.807, 2.05) is 0 Å². The summed E-state index contributed by atoms with van der Waals surface area (Å²) in [6.07, 6.45) is 0.816. The van der Waals surface area contributed by atoms with Gasteiger partial charge in [0.15, 0.2) is 0 Å². The van der Waals surface area contributed by atoms with Crippen LogP contribution in [0.25, 0.3) is 11.5 Å². The third-order valence-electron chi connectivity index (χ3n) is 2.70. The van der Waals surface area contributed by atoms with Gasteiger partial charge in [-0.1, -0.05) is 12.1 Å². The molecule has 0 amide bonds. The fourth-order valence-corrected chi connectivity index (χ4v) is 1.88. The van der Waals surface area contributed by atoms with E-state index in [-0.39, 0.29) is 5.82 Å². The van der Waals surface area contributed by atoms with Crippen LogP contribution in [-0.2, 0) is 13.0 Å². The number of oxazole rings is 1. The van der Waals surface area contributed by atoms with E-state index in [1.54, 1.807) is 18.2 Å². The molecule has 2 heterocycles. The zero-order valence-electron chi connectivity index (χ0n) is 8.66. The van der Waals surface area contributed by atoms with Gasteiger partial charge in [-0.3, -0.25) is 0 Å². The maximum atomic E-state index is 13.5. The van der Waals surface area contributed by atoms with Crippen LogP contribution in [0.3, 0.4) is 0 Å². The molecule has 0 saturated carbocycles. The van der Waals surface area contributed by atoms with E-state index in [0.29, 0.717) is 18.0 Å². The van der Waals surface area contributed by atoms with E-state index < -0.39 is 0 Å². The topological polar surface area (TPSA) is 38.1 Å². The molecule has 3 rings (SSSR count). The predicted octanol–water partition coefficient (Wildman–Crippen LogP) is 2.13. The van der Waals surface area contributed by atoms with Gasteiger partial charge in [-0.05, 0) is 12.1 Å². The molecule has 3 nitrogen and oxygen atoms in total. The summed E-state index contributed by atoms with van der Waals surface area (Å²) >= 11 is 0. The highest BCUT2D eigenvalue weighted by Crippen LogP contribution is 2.25. The van der Waals surface area contributed by atoms with Gasteiger partial charge in [0.1, 0.15) is 11.6 Å². The van der Waals surface area contributed by atoms with E-state index in [4.69, 9.17) is 4.42 Å². The van der Waals surface area contributed by atoms with Gasteiger partial charge in [0, 0.05) is 19.5 Å². The summed E-state index contributed by atoms with van der Waals surface area (Å²) in [6.45, 7) is 1.59. The Balaban J connectivity index is 2.07. The Labute approximate surface area is 92.3 Å². The number of rotatable bonds is 1. The van der Waals surface area contributed by atoms with Gasteiger partial charge in [0.25, 0.3) is 0 Å². The number of hydrogen-bond acceptors (Lipinski definition) is 3. The monoisotopic (exact) mass is 218 g/mol. The third kappa shape index (κ3) is 1.51. The van der Waals surface area contributed by atoms with E-state index in [0.717, 1.165) is 24.4 Å². The van der Waals surface area contributed by atoms with Crippen LogP contribution < -0.4 is 5.32 Å². The molecule has 0 unspecified atom stereocenters. The normalized spacial score (nSPS) is 14.8. The Morgan fingerprint density at radius 1 is 1.31 bits per heavy atom. The second-order valence-corrected chi connectivity index (χ2v) is 3.80. The van der Waals surface area contributed by atoms with Crippen molar-refractivity contribution in [2.75, 3.05) is 6.54 Å². The highest BCUT2D eigenvalue weighted by molar-refractivity contribution is 5.54. The minimum absolute atomic E-state index is 0.297. The van der Waals surface area contributed by atoms with Crippen LogP contribution in [-0.4, -0.2) is 11.5 Å². The minimum Gasteiger partial charge on any atom is -0.441 e. The first kappa shape index (κ1) is 9.54. The lowest BCUT2D eigenvalue weighted by Gasteiger charge is -2.08. The van der Waals surface area contributed by atoms with Crippen molar-refractivity contribution in [3.63, 3.8) is 0 Å². The molecule has 1 aliphatic heterocycles. The van der Waals surface area contributed by atoms with Gasteiger partial charge in [-0.15, -0.1) is 0 Å². The predicted molar refractivity (Wildman–Crippen MR) is 57.3 cm³/mol. The standard InChI is InChI=1S/C12H11FN2O/c13-9-4-2-1-3-8(9)12-15-10-7-14-6-5-11(10)16-12/h1-4,14H,5-7H2. The van der Waals surface area contributed by atoms with Crippen molar-refractivity contribution in [3.05, 3.63) is 41.5 Å². The highest BCUT2D eigenvalue weighted by atomic mass is 19.1. The van der Waals surface area contributed by atoms with Crippen LogP contribution in [0.4, 0.5) is 4.39 Å². The first-order valence-corrected chi connectivity index (χ1v) is 5.29. The van der Waals surface area contributed by atoms with Crippen LogP contribution >= 0.6 is 0 Å². The molecule has 0 saturated heterocycles. The lowest BCUT2D eigenvalue weighted by atomic mass is 10.2. The summed E-state index contributed by atoms with van der Waals surface area (Å²) in [4.78, 5) is 4.31. The number of halogens is 1. The molecule has 0 atom stereocenters. The van der Waals surface area contributed by atoms with Crippen LogP contribution in [0.15, 0.2) is 28.7 Å². The van der Waals surface area contributed by atoms with Crippen molar-refractivity contribution in [1.29, 1.82) is 0 Å². The average Bonchev–Trinajstić information content (AvgIpc) is 2.73. The fourth-order valence-electron chi connectivity index (χ4n) is 1.88. The highest BCUT2D eigenvalue weighted by Gasteiger charge is 2.18. The van der Waals surface area contributed by atoms with Gasteiger partial charge < -0.3 is 9.73 Å². The Kier molecular flexibility index (Phi) is 2.22. The molecule has 1 aliphatic rings. The van der Waals surface area contributed by atoms with Crippen molar-refractivity contribution in [1.82, 2.24) is 10.3 Å². The number of nitrogens with one attached hydrogen (secondary N) is 1.